The van der Waals surface area contributed by atoms with Gasteiger partial charge in [0.2, 0.25) is 0 Å². The summed E-state index contributed by atoms with van der Waals surface area (Å²) >= 11 is 0. The average Bonchev–Trinajstić information content (AvgIpc) is 2.58. The molecule has 5 heteroatoms. The first-order chi connectivity index (χ1) is 10.7. The van der Waals surface area contributed by atoms with Crippen molar-refractivity contribution in [1.82, 2.24) is 0 Å². The van der Waals surface area contributed by atoms with Gasteiger partial charge in [0.15, 0.2) is 0 Å². The molecule has 22 heavy (non-hydrogen) atoms. The number of carbonyl (C=O) groups excluding carboxylic acids is 1. The number of ether oxygens (including phenoxy) is 1. The van der Waals surface area contributed by atoms with E-state index in [1.54, 1.807) is 0 Å². The highest BCUT2D eigenvalue weighted by Crippen LogP contribution is 2.15. The minimum Gasteiger partial charge on any atom is -0.462 e. The Kier molecular flexibility index (Phi) is 8.73. The quantitative estimate of drug-likeness (QED) is 0.272. The summed E-state index contributed by atoms with van der Waals surface area (Å²) in [6.07, 6.45) is 2.78. The predicted octanol–water partition coefficient (Wildman–Crippen LogP) is 2.92. The predicted molar refractivity (Wildman–Crippen MR) is 90.3 cm³/mol. The number of esters is 1. The maximum absolute atomic E-state index is 11.0. The molecule has 0 bridgehead atoms. The molecule has 0 aromatic heterocycles. The maximum atomic E-state index is 11.0. The summed E-state index contributed by atoms with van der Waals surface area (Å²) in [6.45, 7) is 9.11. The third-order valence-corrected chi connectivity index (χ3v) is 6.74. The molecule has 0 saturated heterocycles. The van der Waals surface area contributed by atoms with Gasteiger partial charge in [0.25, 0.3) is 0 Å². The van der Waals surface area contributed by atoms with Crippen LogP contribution in [0.2, 0.25) is 6.04 Å². The molecule has 1 rings (SSSR count). The lowest BCUT2D eigenvalue weighted by molar-refractivity contribution is -0.137. The van der Waals surface area contributed by atoms with Crippen molar-refractivity contribution in [2.24, 2.45) is 0 Å². The van der Waals surface area contributed by atoms with Crippen LogP contribution in [0.4, 0.5) is 0 Å². The molecule has 0 fully saturated rings. The lowest BCUT2D eigenvalue weighted by Crippen LogP contribution is -2.53. The minimum atomic E-state index is -2.41. The van der Waals surface area contributed by atoms with Crippen molar-refractivity contribution in [3.8, 4) is 0 Å². The molecule has 1 atom stereocenters. The van der Waals surface area contributed by atoms with Gasteiger partial charge in [-0.15, -0.1) is 0 Å². The van der Waals surface area contributed by atoms with Gasteiger partial charge in [-0.3, -0.25) is 0 Å². The van der Waals surface area contributed by atoms with E-state index < -0.39 is 14.5 Å². The monoisotopic (exact) mass is 322 g/mol. The van der Waals surface area contributed by atoms with Crippen LogP contribution < -0.4 is 5.19 Å². The van der Waals surface area contributed by atoms with Crippen molar-refractivity contribution in [1.29, 1.82) is 0 Å². The van der Waals surface area contributed by atoms with E-state index >= 15 is 0 Å². The van der Waals surface area contributed by atoms with Gasteiger partial charge >= 0.3 is 14.5 Å². The summed E-state index contributed by atoms with van der Waals surface area (Å²) in [5.74, 6) is -0.399. The van der Waals surface area contributed by atoms with E-state index in [-0.39, 0.29) is 0 Å². The van der Waals surface area contributed by atoms with Crippen molar-refractivity contribution in [3.05, 3.63) is 43.0 Å². The van der Waals surface area contributed by atoms with E-state index in [2.05, 4.69) is 32.6 Å². The molecule has 1 aromatic carbocycles. The largest absolute Gasteiger partial charge is 0.462 e. The van der Waals surface area contributed by atoms with E-state index in [1.165, 1.54) is 6.08 Å². The highest BCUT2D eigenvalue weighted by atomic mass is 28.4. The Morgan fingerprint density at radius 2 is 1.82 bits per heavy atom. The number of hydrogen-bond acceptors (Lipinski definition) is 4. The number of hydrogen-bond donors (Lipinski definition) is 0. The van der Waals surface area contributed by atoms with Crippen LogP contribution in [-0.4, -0.2) is 34.4 Å². The van der Waals surface area contributed by atoms with Crippen LogP contribution in [0.25, 0.3) is 0 Å². The highest BCUT2D eigenvalue weighted by molar-refractivity contribution is 6.81. The second-order valence-corrected chi connectivity index (χ2v) is 8.26. The lowest BCUT2D eigenvalue weighted by Gasteiger charge is -2.30. The molecule has 0 aliphatic heterocycles. The van der Waals surface area contributed by atoms with Gasteiger partial charge in [-0.1, -0.05) is 50.8 Å². The van der Waals surface area contributed by atoms with Gasteiger partial charge in [0.1, 0.15) is 0 Å². The molecule has 0 radical (unpaired) electrons. The van der Waals surface area contributed by atoms with Crippen molar-refractivity contribution in [3.63, 3.8) is 0 Å². The van der Waals surface area contributed by atoms with Gasteiger partial charge in [0.05, 0.1) is 6.61 Å². The molecule has 1 aromatic rings. The van der Waals surface area contributed by atoms with Gasteiger partial charge in [-0.05, 0) is 17.7 Å². The Bertz CT molecular complexity index is 449. The maximum Gasteiger partial charge on any atom is 0.372 e. The van der Waals surface area contributed by atoms with Gasteiger partial charge < -0.3 is 13.6 Å². The lowest BCUT2D eigenvalue weighted by atomic mass is 10.4. The first-order valence-corrected chi connectivity index (χ1v) is 9.83. The van der Waals surface area contributed by atoms with Crippen molar-refractivity contribution in [2.45, 2.75) is 32.7 Å². The fourth-order valence-electron chi connectivity index (χ4n) is 2.10. The molecule has 0 spiro atoms. The fourth-order valence-corrected chi connectivity index (χ4v) is 5.04. The SMILES string of the molecule is C=CC(=O)OCCCO[Si](CC)(OCCC)c1ccccc1. The van der Waals surface area contributed by atoms with Crippen LogP contribution in [0.15, 0.2) is 43.0 Å². The first kappa shape index (κ1) is 18.6. The minimum absolute atomic E-state index is 0.335. The first-order valence-electron chi connectivity index (χ1n) is 7.81. The number of benzene rings is 1. The van der Waals surface area contributed by atoms with Crippen molar-refractivity contribution < 1.29 is 18.4 Å². The Hall–Kier alpha value is -1.43. The van der Waals surface area contributed by atoms with Crippen LogP contribution in [0.1, 0.15) is 26.7 Å². The Balaban J connectivity index is 2.62. The van der Waals surface area contributed by atoms with E-state index in [0.717, 1.165) is 17.7 Å². The van der Waals surface area contributed by atoms with Gasteiger partial charge in [-0.25, -0.2) is 4.79 Å². The topological polar surface area (TPSA) is 44.8 Å². The third kappa shape index (κ3) is 5.75. The van der Waals surface area contributed by atoms with E-state index in [1.807, 2.05) is 18.2 Å². The molecule has 122 valence electrons. The molecule has 0 amide bonds. The number of carbonyl (C=O) groups is 1. The Morgan fingerprint density at radius 3 is 2.41 bits per heavy atom. The van der Waals surface area contributed by atoms with Crippen molar-refractivity contribution in [2.75, 3.05) is 19.8 Å². The van der Waals surface area contributed by atoms with Gasteiger partial charge in [-0.2, -0.15) is 0 Å². The molecule has 0 aliphatic rings. The van der Waals surface area contributed by atoms with Crippen LogP contribution in [-0.2, 0) is 18.4 Å². The standard InChI is InChI=1S/C17H26O4Si/c1-4-13-20-22(6-3,16-11-8-7-9-12-16)21-15-10-14-19-17(18)5-2/h5,7-9,11-12H,2,4,6,10,13-15H2,1,3H3. The van der Waals surface area contributed by atoms with E-state index in [9.17, 15) is 4.79 Å². The van der Waals surface area contributed by atoms with Gasteiger partial charge in [0, 0.05) is 25.7 Å². The van der Waals surface area contributed by atoms with E-state index in [0.29, 0.717) is 26.2 Å². The smallest absolute Gasteiger partial charge is 0.372 e. The highest BCUT2D eigenvalue weighted by Gasteiger charge is 2.37. The molecule has 0 N–H and O–H groups in total. The van der Waals surface area contributed by atoms with Crippen LogP contribution in [0.3, 0.4) is 0 Å². The second kappa shape index (κ2) is 10.3. The molecule has 0 aliphatic carbocycles. The van der Waals surface area contributed by atoms with Crippen LogP contribution in [0, 0.1) is 0 Å². The Morgan fingerprint density at radius 1 is 1.14 bits per heavy atom. The summed E-state index contributed by atoms with van der Waals surface area (Å²) in [5.41, 5.74) is 0. The fraction of sp³-hybridized carbons (Fsp3) is 0.471. The molecular weight excluding hydrogens is 296 g/mol. The zero-order valence-electron chi connectivity index (χ0n) is 13.5. The Labute approximate surface area is 134 Å². The van der Waals surface area contributed by atoms with E-state index in [4.69, 9.17) is 13.6 Å². The van der Waals surface area contributed by atoms with Crippen molar-refractivity contribution >= 4 is 19.7 Å². The normalized spacial score (nSPS) is 13.4. The summed E-state index contributed by atoms with van der Waals surface area (Å²) < 4.78 is 17.3. The molecule has 0 heterocycles. The molecule has 4 nitrogen and oxygen atoms in total. The zero-order valence-corrected chi connectivity index (χ0v) is 14.5. The summed E-state index contributed by atoms with van der Waals surface area (Å²) in [5, 5.41) is 1.15. The number of rotatable bonds is 11. The van der Waals surface area contributed by atoms with Crippen LogP contribution in [0.5, 0.6) is 0 Å². The second-order valence-electron chi connectivity index (χ2n) is 4.89. The summed E-state index contributed by atoms with van der Waals surface area (Å²) in [4.78, 5) is 11.0. The third-order valence-electron chi connectivity index (χ3n) is 3.25. The molecule has 0 saturated carbocycles. The molecular formula is C17H26O4Si. The van der Waals surface area contributed by atoms with Crippen LogP contribution >= 0.6 is 0 Å². The average molecular weight is 322 g/mol. The molecule has 1 unspecified atom stereocenters. The summed E-state index contributed by atoms with van der Waals surface area (Å²) in [6, 6.07) is 11.0. The zero-order chi connectivity index (χ0) is 16.3. The summed E-state index contributed by atoms with van der Waals surface area (Å²) in [7, 11) is -2.41.